The van der Waals surface area contributed by atoms with E-state index in [2.05, 4.69) is 34.5 Å². The highest BCUT2D eigenvalue weighted by atomic mass is 35.5. The molecule has 1 saturated heterocycles. The highest BCUT2D eigenvalue weighted by molar-refractivity contribution is 7.80. The Balaban J connectivity index is 1.52. The lowest BCUT2D eigenvalue weighted by molar-refractivity contribution is 0.0928. The van der Waals surface area contributed by atoms with Gasteiger partial charge in [-0.3, -0.25) is 4.79 Å². The second kappa shape index (κ2) is 6.67. The van der Waals surface area contributed by atoms with Crippen LogP contribution in [-0.2, 0) is 6.42 Å². The van der Waals surface area contributed by atoms with Crippen LogP contribution in [0.15, 0.2) is 48.5 Å². The van der Waals surface area contributed by atoms with Crippen LogP contribution in [0.5, 0.6) is 0 Å². The largest absolute Gasteiger partial charge is 0.357 e. The number of rotatable bonds is 3. The van der Waals surface area contributed by atoms with Crippen LogP contribution in [0.2, 0.25) is 5.02 Å². The zero-order valence-electron chi connectivity index (χ0n) is 14.7. The molecule has 2 aliphatic rings. The number of thiocarbonyl (C=S) groups is 1. The van der Waals surface area contributed by atoms with Crippen molar-refractivity contribution in [2.45, 2.75) is 37.8 Å². The first-order chi connectivity index (χ1) is 12.5. The lowest BCUT2D eigenvalue weighted by atomic mass is 10.0. The number of aryl methyl sites for hydroxylation is 1. The molecule has 5 heteroatoms. The van der Waals surface area contributed by atoms with Crippen molar-refractivity contribution in [3.63, 3.8) is 0 Å². The molecule has 1 amide bonds. The smallest absolute Gasteiger partial charge is 0.252 e. The lowest BCUT2D eigenvalue weighted by Crippen LogP contribution is -2.51. The van der Waals surface area contributed by atoms with Crippen molar-refractivity contribution in [1.82, 2.24) is 10.2 Å². The van der Waals surface area contributed by atoms with Crippen LogP contribution in [0.25, 0.3) is 0 Å². The number of halogens is 1. The van der Waals surface area contributed by atoms with Crippen molar-refractivity contribution in [2.75, 3.05) is 6.54 Å². The molecule has 4 rings (SSSR count). The second-order valence-electron chi connectivity index (χ2n) is 7.30. The molecule has 1 heterocycles. The summed E-state index contributed by atoms with van der Waals surface area (Å²) in [5.74, 6) is -0.133. The maximum Gasteiger partial charge on any atom is 0.252 e. The SMILES string of the molecule is CC1(NC(=O)c2cccc(Cl)c2)CCN(C2CCc3ccccc32)C1=S. The number of fused-ring (bicyclic) bond motifs is 1. The normalized spacial score (nSPS) is 24.6. The van der Waals surface area contributed by atoms with E-state index in [4.69, 9.17) is 23.8 Å². The van der Waals surface area contributed by atoms with E-state index in [1.165, 1.54) is 11.1 Å². The van der Waals surface area contributed by atoms with Crippen molar-refractivity contribution in [3.05, 3.63) is 70.2 Å². The maximum absolute atomic E-state index is 12.7. The molecule has 1 N–H and O–H groups in total. The van der Waals surface area contributed by atoms with E-state index in [1.54, 1.807) is 24.3 Å². The molecule has 3 nitrogen and oxygen atoms in total. The maximum atomic E-state index is 12.7. The summed E-state index contributed by atoms with van der Waals surface area (Å²) in [5, 5.41) is 3.70. The van der Waals surface area contributed by atoms with Gasteiger partial charge in [0.1, 0.15) is 4.99 Å². The van der Waals surface area contributed by atoms with E-state index in [0.717, 1.165) is 30.8 Å². The van der Waals surface area contributed by atoms with Gasteiger partial charge in [0.25, 0.3) is 5.91 Å². The monoisotopic (exact) mass is 384 g/mol. The van der Waals surface area contributed by atoms with Gasteiger partial charge in [0.05, 0.1) is 11.6 Å². The quantitative estimate of drug-likeness (QED) is 0.788. The number of hydrogen-bond acceptors (Lipinski definition) is 2. The molecule has 134 valence electrons. The number of likely N-dealkylation sites (tertiary alicyclic amines) is 1. The first kappa shape index (κ1) is 17.5. The number of nitrogens with zero attached hydrogens (tertiary/aromatic N) is 1. The molecule has 0 spiro atoms. The van der Waals surface area contributed by atoms with Crippen molar-refractivity contribution >= 4 is 34.7 Å². The summed E-state index contributed by atoms with van der Waals surface area (Å²) >= 11 is 11.8. The minimum absolute atomic E-state index is 0.133. The summed E-state index contributed by atoms with van der Waals surface area (Å²) in [7, 11) is 0. The standard InChI is InChI=1S/C21H21ClN2OS/c1-21(23-19(25)15-6-4-7-16(22)13-15)11-12-24(20(21)26)18-10-9-14-5-2-3-8-17(14)18/h2-8,13,18H,9-12H2,1H3,(H,23,25). The molecule has 0 radical (unpaired) electrons. The van der Waals surface area contributed by atoms with Gasteiger partial charge in [0.2, 0.25) is 0 Å². The molecular weight excluding hydrogens is 364 g/mol. The topological polar surface area (TPSA) is 32.3 Å². The Morgan fingerprint density at radius 1 is 1.27 bits per heavy atom. The number of carbonyl (C=O) groups is 1. The number of hydrogen-bond donors (Lipinski definition) is 1. The summed E-state index contributed by atoms with van der Waals surface area (Å²) in [6, 6.07) is 15.9. The Bertz CT molecular complexity index is 884. The minimum Gasteiger partial charge on any atom is -0.357 e. The average Bonchev–Trinajstić information content (AvgIpc) is 3.17. The van der Waals surface area contributed by atoms with Crippen LogP contribution in [0.3, 0.4) is 0 Å². The fraction of sp³-hybridized carbons (Fsp3) is 0.333. The van der Waals surface area contributed by atoms with Crippen LogP contribution in [0.1, 0.15) is 47.3 Å². The molecule has 2 atom stereocenters. The zero-order chi connectivity index (χ0) is 18.3. The van der Waals surface area contributed by atoms with Gasteiger partial charge < -0.3 is 10.2 Å². The third kappa shape index (κ3) is 3.01. The van der Waals surface area contributed by atoms with Crippen molar-refractivity contribution in [2.24, 2.45) is 0 Å². The molecule has 2 aromatic rings. The van der Waals surface area contributed by atoms with Crippen LogP contribution in [0.4, 0.5) is 0 Å². The predicted octanol–water partition coefficient (Wildman–Crippen LogP) is 4.55. The van der Waals surface area contributed by atoms with Crippen molar-refractivity contribution < 1.29 is 4.79 Å². The van der Waals surface area contributed by atoms with Gasteiger partial charge in [-0.25, -0.2) is 0 Å². The first-order valence-corrected chi connectivity index (χ1v) is 9.73. The Morgan fingerprint density at radius 3 is 2.88 bits per heavy atom. The zero-order valence-corrected chi connectivity index (χ0v) is 16.2. The van der Waals surface area contributed by atoms with Gasteiger partial charge in [-0.15, -0.1) is 0 Å². The van der Waals surface area contributed by atoms with E-state index in [-0.39, 0.29) is 5.91 Å². The molecule has 0 aromatic heterocycles. The third-order valence-corrected chi connectivity index (χ3v) is 6.46. The summed E-state index contributed by atoms with van der Waals surface area (Å²) in [6.45, 7) is 2.89. The Hall–Kier alpha value is -1.91. The average molecular weight is 385 g/mol. The number of carbonyl (C=O) groups excluding carboxylic acids is 1. The molecule has 1 fully saturated rings. The third-order valence-electron chi connectivity index (χ3n) is 5.54. The van der Waals surface area contributed by atoms with Gasteiger partial charge in [0.15, 0.2) is 0 Å². The summed E-state index contributed by atoms with van der Waals surface area (Å²) in [6.07, 6.45) is 2.99. The predicted molar refractivity (Wildman–Crippen MR) is 109 cm³/mol. The van der Waals surface area contributed by atoms with Gasteiger partial charge >= 0.3 is 0 Å². The van der Waals surface area contributed by atoms with E-state index < -0.39 is 5.54 Å². The summed E-state index contributed by atoms with van der Waals surface area (Å²) in [4.78, 5) is 15.8. The molecule has 26 heavy (non-hydrogen) atoms. The molecule has 0 bridgehead atoms. The van der Waals surface area contributed by atoms with E-state index in [9.17, 15) is 4.79 Å². The Kier molecular flexibility index (Phi) is 4.49. The molecule has 1 aliphatic carbocycles. The number of benzene rings is 2. The Morgan fingerprint density at radius 2 is 2.08 bits per heavy atom. The van der Waals surface area contributed by atoms with Crippen molar-refractivity contribution in [3.8, 4) is 0 Å². The van der Waals surface area contributed by atoms with Gasteiger partial charge in [-0.1, -0.05) is 54.2 Å². The van der Waals surface area contributed by atoms with Gasteiger partial charge in [-0.05, 0) is 55.5 Å². The fourth-order valence-corrected chi connectivity index (χ4v) is 4.66. The summed E-state index contributed by atoms with van der Waals surface area (Å²) < 4.78 is 0. The van der Waals surface area contributed by atoms with Crippen LogP contribution >= 0.6 is 23.8 Å². The molecule has 2 aromatic carbocycles. The second-order valence-corrected chi connectivity index (χ2v) is 8.12. The fourth-order valence-electron chi connectivity index (χ4n) is 4.09. The van der Waals surface area contributed by atoms with E-state index in [0.29, 0.717) is 16.6 Å². The number of amides is 1. The van der Waals surface area contributed by atoms with Crippen LogP contribution in [0, 0.1) is 0 Å². The van der Waals surface area contributed by atoms with Crippen LogP contribution in [-0.4, -0.2) is 27.9 Å². The van der Waals surface area contributed by atoms with E-state index >= 15 is 0 Å². The lowest BCUT2D eigenvalue weighted by Gasteiger charge is -2.31. The van der Waals surface area contributed by atoms with Crippen molar-refractivity contribution in [1.29, 1.82) is 0 Å². The van der Waals surface area contributed by atoms with Gasteiger partial charge in [-0.2, -0.15) is 0 Å². The molecular formula is C21H21ClN2OS. The minimum atomic E-state index is -0.508. The molecule has 1 aliphatic heterocycles. The summed E-state index contributed by atoms with van der Waals surface area (Å²) in [5.41, 5.74) is 2.84. The number of nitrogens with one attached hydrogen (secondary N) is 1. The van der Waals surface area contributed by atoms with E-state index in [1.807, 2.05) is 6.92 Å². The molecule has 0 saturated carbocycles. The van der Waals surface area contributed by atoms with Gasteiger partial charge in [0, 0.05) is 17.1 Å². The highest BCUT2D eigenvalue weighted by Crippen LogP contribution is 2.40. The molecule has 2 unspecified atom stereocenters. The highest BCUT2D eigenvalue weighted by Gasteiger charge is 2.44. The first-order valence-electron chi connectivity index (χ1n) is 8.95. The Labute approximate surface area is 164 Å². The van der Waals surface area contributed by atoms with Crippen LogP contribution < -0.4 is 5.32 Å².